The number of anilines is 3. The summed E-state index contributed by atoms with van der Waals surface area (Å²) in [5.74, 6) is 0.852. The first-order valence-electron chi connectivity index (χ1n) is 5.74. The molecule has 1 aromatic heterocycles. The largest absolute Gasteiger partial charge is 0.376 e. The molecular weight excluding hydrogens is 290 g/mol. The lowest BCUT2D eigenvalue weighted by Gasteiger charge is -2.18. The van der Waals surface area contributed by atoms with Gasteiger partial charge in [-0.25, -0.2) is 4.98 Å². The van der Waals surface area contributed by atoms with Crippen molar-refractivity contribution in [3.05, 3.63) is 46.6 Å². The van der Waals surface area contributed by atoms with Crippen LogP contribution in [0.5, 0.6) is 0 Å². The molecule has 0 aliphatic rings. The number of rotatable bonds is 3. The van der Waals surface area contributed by atoms with Crippen LogP contribution in [0.15, 0.2) is 40.9 Å². The lowest BCUT2D eigenvalue weighted by molar-refractivity contribution is 1.13. The summed E-state index contributed by atoms with van der Waals surface area (Å²) in [5.41, 5.74) is 3.17. The Morgan fingerprint density at radius 1 is 1.11 bits per heavy atom. The maximum atomic E-state index is 4.49. The molecule has 1 heterocycles. The van der Waals surface area contributed by atoms with Gasteiger partial charge in [-0.1, -0.05) is 12.1 Å². The third-order valence-corrected chi connectivity index (χ3v) is 3.51. The van der Waals surface area contributed by atoms with E-state index in [1.165, 1.54) is 0 Å². The van der Waals surface area contributed by atoms with E-state index in [-0.39, 0.29) is 0 Å². The highest BCUT2D eigenvalue weighted by Crippen LogP contribution is 2.27. The van der Waals surface area contributed by atoms with Crippen LogP contribution < -0.4 is 10.2 Å². The van der Waals surface area contributed by atoms with Gasteiger partial charge in [0.25, 0.3) is 0 Å². The Labute approximate surface area is 116 Å². The Balaban J connectivity index is 2.31. The van der Waals surface area contributed by atoms with Gasteiger partial charge in [-0.2, -0.15) is 0 Å². The number of hydrogen-bond donors (Lipinski definition) is 1. The van der Waals surface area contributed by atoms with Crippen LogP contribution in [0, 0.1) is 6.92 Å². The van der Waals surface area contributed by atoms with Crippen molar-refractivity contribution in [2.45, 2.75) is 6.92 Å². The van der Waals surface area contributed by atoms with Crippen LogP contribution >= 0.6 is 15.9 Å². The van der Waals surface area contributed by atoms with Crippen molar-refractivity contribution >= 4 is 33.1 Å². The van der Waals surface area contributed by atoms with E-state index in [9.17, 15) is 0 Å². The molecule has 4 heteroatoms. The summed E-state index contributed by atoms with van der Waals surface area (Å²) in [6.07, 6.45) is 0. The maximum Gasteiger partial charge on any atom is 0.130 e. The molecule has 0 spiro atoms. The average molecular weight is 306 g/mol. The van der Waals surface area contributed by atoms with Gasteiger partial charge in [0.05, 0.1) is 17.1 Å². The second-order valence-corrected chi connectivity index (χ2v) is 5.15. The monoisotopic (exact) mass is 305 g/mol. The number of aromatic nitrogens is 1. The fourth-order valence-electron chi connectivity index (χ4n) is 1.72. The molecule has 1 N–H and O–H groups in total. The van der Waals surface area contributed by atoms with Gasteiger partial charge in [-0.05, 0) is 47.1 Å². The van der Waals surface area contributed by atoms with E-state index in [4.69, 9.17) is 0 Å². The lowest BCUT2D eigenvalue weighted by Crippen LogP contribution is -2.11. The minimum absolute atomic E-state index is 0.852. The summed E-state index contributed by atoms with van der Waals surface area (Å²) in [4.78, 5) is 6.57. The Hall–Kier alpha value is -1.55. The Morgan fingerprint density at radius 2 is 1.83 bits per heavy atom. The van der Waals surface area contributed by atoms with Gasteiger partial charge in [0.2, 0.25) is 0 Å². The summed E-state index contributed by atoms with van der Waals surface area (Å²) in [5, 5.41) is 3.35. The van der Waals surface area contributed by atoms with Crippen molar-refractivity contribution in [2.75, 3.05) is 24.3 Å². The molecule has 0 saturated carbocycles. The average Bonchev–Trinajstić information content (AvgIpc) is 2.34. The Kier molecular flexibility index (Phi) is 3.87. The molecule has 2 rings (SSSR count). The molecule has 2 aromatic rings. The predicted octanol–water partition coefficient (Wildman–Crippen LogP) is 3.96. The molecule has 18 heavy (non-hydrogen) atoms. The van der Waals surface area contributed by atoms with Crippen LogP contribution in [0.2, 0.25) is 0 Å². The van der Waals surface area contributed by atoms with E-state index >= 15 is 0 Å². The maximum absolute atomic E-state index is 4.49. The number of para-hydroxylation sites is 2. The van der Waals surface area contributed by atoms with Crippen LogP contribution in [0.25, 0.3) is 0 Å². The summed E-state index contributed by atoms with van der Waals surface area (Å²) in [7, 11) is 4.06. The number of pyridine rings is 1. The van der Waals surface area contributed by atoms with Gasteiger partial charge in [0.15, 0.2) is 0 Å². The normalized spacial score (nSPS) is 10.2. The molecular formula is C14H16BrN3. The van der Waals surface area contributed by atoms with Crippen LogP contribution in [0.1, 0.15) is 5.69 Å². The molecule has 0 radical (unpaired) electrons. The van der Waals surface area contributed by atoms with Gasteiger partial charge in [-0.15, -0.1) is 0 Å². The molecule has 1 aromatic carbocycles. The number of hydrogen-bond acceptors (Lipinski definition) is 3. The zero-order chi connectivity index (χ0) is 13.1. The summed E-state index contributed by atoms with van der Waals surface area (Å²) in [6.45, 7) is 1.98. The molecule has 0 atom stereocenters. The van der Waals surface area contributed by atoms with Crippen LogP contribution in [0.3, 0.4) is 0 Å². The number of benzene rings is 1. The first-order valence-corrected chi connectivity index (χ1v) is 6.54. The van der Waals surface area contributed by atoms with Crippen molar-refractivity contribution in [1.29, 1.82) is 0 Å². The quantitative estimate of drug-likeness (QED) is 0.930. The van der Waals surface area contributed by atoms with Crippen molar-refractivity contribution in [1.82, 2.24) is 4.98 Å². The second-order valence-electron chi connectivity index (χ2n) is 4.30. The smallest absolute Gasteiger partial charge is 0.130 e. The van der Waals surface area contributed by atoms with Gasteiger partial charge < -0.3 is 10.2 Å². The number of nitrogens with one attached hydrogen (secondary N) is 1. The second kappa shape index (κ2) is 5.40. The molecule has 0 fully saturated rings. The Morgan fingerprint density at radius 3 is 2.50 bits per heavy atom. The molecule has 0 amide bonds. The van der Waals surface area contributed by atoms with E-state index in [2.05, 4.69) is 37.2 Å². The highest BCUT2D eigenvalue weighted by atomic mass is 79.9. The molecule has 0 unspecified atom stereocenters. The molecule has 94 valence electrons. The standard InChI is InChI=1S/C14H16BrN3/c1-10-11(15)8-9-14(16-10)17-12-6-4-5-7-13(12)18(2)3/h4-9H,1-3H3,(H,16,17). The lowest BCUT2D eigenvalue weighted by atomic mass is 10.2. The van der Waals surface area contributed by atoms with Gasteiger partial charge >= 0.3 is 0 Å². The fraction of sp³-hybridized carbons (Fsp3) is 0.214. The molecule has 0 saturated heterocycles. The minimum Gasteiger partial charge on any atom is -0.376 e. The van der Waals surface area contributed by atoms with Crippen molar-refractivity contribution in [2.24, 2.45) is 0 Å². The minimum atomic E-state index is 0.852. The molecule has 0 aliphatic heterocycles. The van der Waals surface area contributed by atoms with Crippen molar-refractivity contribution in [3.63, 3.8) is 0 Å². The number of nitrogens with zero attached hydrogens (tertiary/aromatic N) is 2. The first kappa shape index (κ1) is 12.9. The number of aryl methyl sites for hydroxylation is 1. The first-order chi connectivity index (χ1) is 8.58. The van der Waals surface area contributed by atoms with Gasteiger partial charge in [-0.3, -0.25) is 0 Å². The van der Waals surface area contributed by atoms with Crippen LogP contribution in [-0.2, 0) is 0 Å². The Bertz CT molecular complexity index is 552. The molecule has 0 aliphatic carbocycles. The third kappa shape index (κ3) is 2.82. The third-order valence-electron chi connectivity index (χ3n) is 2.67. The zero-order valence-corrected chi connectivity index (χ0v) is 12.3. The summed E-state index contributed by atoms with van der Waals surface area (Å²) in [6, 6.07) is 12.1. The van der Waals surface area contributed by atoms with E-state index in [0.717, 1.165) is 27.4 Å². The van der Waals surface area contributed by atoms with Gasteiger partial charge in [0, 0.05) is 18.6 Å². The van der Waals surface area contributed by atoms with Crippen molar-refractivity contribution < 1.29 is 0 Å². The van der Waals surface area contributed by atoms with E-state index in [1.54, 1.807) is 0 Å². The summed E-state index contributed by atoms with van der Waals surface area (Å²) < 4.78 is 1.02. The highest BCUT2D eigenvalue weighted by Gasteiger charge is 2.05. The zero-order valence-electron chi connectivity index (χ0n) is 10.7. The van der Waals surface area contributed by atoms with E-state index in [1.807, 2.05) is 51.4 Å². The molecule has 3 nitrogen and oxygen atoms in total. The molecule has 0 bridgehead atoms. The highest BCUT2D eigenvalue weighted by molar-refractivity contribution is 9.10. The van der Waals surface area contributed by atoms with Crippen molar-refractivity contribution in [3.8, 4) is 0 Å². The predicted molar refractivity (Wildman–Crippen MR) is 80.7 cm³/mol. The van der Waals surface area contributed by atoms with E-state index in [0.29, 0.717) is 0 Å². The fourth-order valence-corrected chi connectivity index (χ4v) is 1.94. The van der Waals surface area contributed by atoms with Gasteiger partial charge in [0.1, 0.15) is 5.82 Å². The SMILES string of the molecule is Cc1nc(Nc2ccccc2N(C)C)ccc1Br. The number of halogens is 1. The van der Waals surface area contributed by atoms with Crippen LogP contribution in [0.4, 0.5) is 17.2 Å². The topological polar surface area (TPSA) is 28.2 Å². The van der Waals surface area contributed by atoms with E-state index < -0.39 is 0 Å². The summed E-state index contributed by atoms with van der Waals surface area (Å²) >= 11 is 3.45. The van der Waals surface area contributed by atoms with Crippen LogP contribution in [-0.4, -0.2) is 19.1 Å².